The lowest BCUT2D eigenvalue weighted by Gasteiger charge is -2.16. The number of nitrogens with one attached hydrogen (secondary N) is 3. The summed E-state index contributed by atoms with van der Waals surface area (Å²) in [4.78, 5) is 24.1. The Labute approximate surface area is 176 Å². The Kier molecular flexibility index (Phi) is 6.64. The van der Waals surface area contributed by atoms with E-state index < -0.39 is 23.6 Å². The third kappa shape index (κ3) is 6.11. The van der Waals surface area contributed by atoms with E-state index >= 15 is 0 Å². The quantitative estimate of drug-likeness (QED) is 0.511. The molecule has 1 aromatic heterocycles. The van der Waals surface area contributed by atoms with E-state index in [4.69, 9.17) is 4.42 Å². The standard InChI is InChI=1S/C22H20F3N3O3/c1-14-2-4-15(5-3-14)11-27-20(29)12-26-19-7-6-17(10-18(19)22(23,24)25)28-21(30)16-8-9-31-13-16/h2-10,13,26H,11-12H2,1H3,(H,27,29)(H,28,30). The van der Waals surface area contributed by atoms with E-state index in [9.17, 15) is 22.8 Å². The molecule has 0 aliphatic rings. The first-order chi connectivity index (χ1) is 14.7. The Morgan fingerprint density at radius 1 is 1.03 bits per heavy atom. The second-order valence-electron chi connectivity index (χ2n) is 6.84. The molecule has 9 heteroatoms. The van der Waals surface area contributed by atoms with Crippen LogP contribution in [0.15, 0.2) is 65.5 Å². The average Bonchev–Trinajstić information content (AvgIpc) is 3.27. The van der Waals surface area contributed by atoms with Crippen LogP contribution in [0, 0.1) is 6.92 Å². The molecule has 162 valence electrons. The molecule has 2 amide bonds. The molecule has 0 aliphatic carbocycles. The van der Waals surface area contributed by atoms with Crippen molar-refractivity contribution in [1.82, 2.24) is 5.32 Å². The van der Waals surface area contributed by atoms with Crippen molar-refractivity contribution < 1.29 is 27.2 Å². The second kappa shape index (κ2) is 9.38. The zero-order valence-corrected chi connectivity index (χ0v) is 16.5. The molecule has 3 rings (SSSR count). The van der Waals surface area contributed by atoms with Crippen molar-refractivity contribution >= 4 is 23.2 Å². The molecular formula is C22H20F3N3O3. The van der Waals surface area contributed by atoms with Gasteiger partial charge in [-0.1, -0.05) is 29.8 Å². The Hall–Kier alpha value is -3.75. The first-order valence-electron chi connectivity index (χ1n) is 9.33. The molecule has 0 fully saturated rings. The maximum atomic E-state index is 13.5. The largest absolute Gasteiger partial charge is 0.472 e. The van der Waals surface area contributed by atoms with Gasteiger partial charge >= 0.3 is 6.18 Å². The minimum Gasteiger partial charge on any atom is -0.472 e. The van der Waals surface area contributed by atoms with Crippen molar-refractivity contribution in [2.75, 3.05) is 17.2 Å². The third-order valence-electron chi connectivity index (χ3n) is 4.42. The number of amides is 2. The maximum absolute atomic E-state index is 13.5. The van der Waals surface area contributed by atoms with Gasteiger partial charge in [-0.3, -0.25) is 9.59 Å². The number of furan rings is 1. The van der Waals surface area contributed by atoms with E-state index in [0.717, 1.165) is 17.2 Å². The molecule has 0 radical (unpaired) electrons. The van der Waals surface area contributed by atoms with Gasteiger partial charge < -0.3 is 20.4 Å². The molecule has 2 aromatic carbocycles. The fourth-order valence-electron chi connectivity index (χ4n) is 2.75. The maximum Gasteiger partial charge on any atom is 0.418 e. The average molecular weight is 431 g/mol. The van der Waals surface area contributed by atoms with Crippen LogP contribution < -0.4 is 16.0 Å². The van der Waals surface area contributed by atoms with E-state index in [1.54, 1.807) is 0 Å². The predicted octanol–water partition coefficient (Wildman–Crippen LogP) is 4.59. The normalized spacial score (nSPS) is 11.1. The van der Waals surface area contributed by atoms with E-state index in [2.05, 4.69) is 16.0 Å². The van der Waals surface area contributed by atoms with Crippen LogP contribution in [-0.2, 0) is 17.5 Å². The topological polar surface area (TPSA) is 83.4 Å². The summed E-state index contributed by atoms with van der Waals surface area (Å²) in [6, 6.07) is 12.2. The van der Waals surface area contributed by atoms with Crippen molar-refractivity contribution in [2.24, 2.45) is 0 Å². The number of halogens is 3. The van der Waals surface area contributed by atoms with Gasteiger partial charge in [-0.15, -0.1) is 0 Å². The minimum absolute atomic E-state index is 0.0344. The van der Waals surface area contributed by atoms with E-state index in [-0.39, 0.29) is 30.0 Å². The van der Waals surface area contributed by atoms with Gasteiger partial charge in [-0.25, -0.2) is 0 Å². The zero-order valence-electron chi connectivity index (χ0n) is 16.5. The van der Waals surface area contributed by atoms with E-state index in [1.807, 2.05) is 31.2 Å². The molecule has 0 spiro atoms. The highest BCUT2D eigenvalue weighted by Gasteiger charge is 2.34. The zero-order chi connectivity index (χ0) is 22.4. The molecule has 3 N–H and O–H groups in total. The molecule has 0 unspecified atom stereocenters. The number of hydrogen-bond acceptors (Lipinski definition) is 4. The molecule has 0 aliphatic heterocycles. The number of carbonyl (C=O) groups excluding carboxylic acids is 2. The van der Waals surface area contributed by atoms with Crippen molar-refractivity contribution in [3.05, 3.63) is 83.3 Å². The van der Waals surface area contributed by atoms with Gasteiger partial charge in [0.1, 0.15) is 6.26 Å². The summed E-state index contributed by atoms with van der Waals surface area (Å²) in [6.07, 6.45) is -2.21. The predicted molar refractivity (Wildman–Crippen MR) is 110 cm³/mol. The smallest absolute Gasteiger partial charge is 0.418 e. The summed E-state index contributed by atoms with van der Waals surface area (Å²) in [5, 5.41) is 7.55. The van der Waals surface area contributed by atoms with Crippen molar-refractivity contribution in [3.63, 3.8) is 0 Å². The van der Waals surface area contributed by atoms with Crippen LogP contribution in [0.1, 0.15) is 27.0 Å². The number of alkyl halides is 3. The summed E-state index contributed by atoms with van der Waals surface area (Å²) in [5.74, 6) is -1.05. The molecule has 0 bridgehead atoms. The van der Waals surface area contributed by atoms with Crippen LogP contribution in [0.5, 0.6) is 0 Å². The summed E-state index contributed by atoms with van der Waals surface area (Å²) >= 11 is 0. The van der Waals surface area contributed by atoms with Gasteiger partial charge in [0.25, 0.3) is 5.91 Å². The van der Waals surface area contributed by atoms with Crippen molar-refractivity contribution in [1.29, 1.82) is 0 Å². The molecule has 0 saturated heterocycles. The third-order valence-corrected chi connectivity index (χ3v) is 4.42. The molecule has 6 nitrogen and oxygen atoms in total. The molecule has 1 heterocycles. The molecule has 0 atom stereocenters. The van der Waals surface area contributed by atoms with Gasteiger partial charge in [0, 0.05) is 17.9 Å². The van der Waals surface area contributed by atoms with E-state index in [0.29, 0.717) is 0 Å². The number of benzene rings is 2. The van der Waals surface area contributed by atoms with E-state index in [1.165, 1.54) is 30.7 Å². The molecule has 31 heavy (non-hydrogen) atoms. The molecule has 3 aromatic rings. The Morgan fingerprint density at radius 3 is 2.42 bits per heavy atom. The lowest BCUT2D eigenvalue weighted by molar-refractivity contribution is -0.137. The van der Waals surface area contributed by atoms with Crippen LogP contribution in [0.4, 0.5) is 24.5 Å². The van der Waals surface area contributed by atoms with Crippen LogP contribution in [-0.4, -0.2) is 18.4 Å². The summed E-state index contributed by atoms with van der Waals surface area (Å²) < 4.78 is 45.3. The fourth-order valence-corrected chi connectivity index (χ4v) is 2.75. The SMILES string of the molecule is Cc1ccc(CNC(=O)CNc2ccc(NC(=O)c3ccoc3)cc2C(F)(F)F)cc1. The van der Waals surface area contributed by atoms with Crippen molar-refractivity contribution in [2.45, 2.75) is 19.6 Å². The number of anilines is 2. The van der Waals surface area contributed by atoms with Gasteiger partial charge in [-0.2, -0.15) is 13.2 Å². The Morgan fingerprint density at radius 2 is 1.77 bits per heavy atom. The van der Waals surface area contributed by atoms with Gasteiger partial charge in [0.05, 0.1) is 23.9 Å². The van der Waals surface area contributed by atoms with Crippen LogP contribution in [0.3, 0.4) is 0 Å². The fraction of sp³-hybridized carbons (Fsp3) is 0.182. The Bertz CT molecular complexity index is 1050. The molecular weight excluding hydrogens is 411 g/mol. The van der Waals surface area contributed by atoms with Crippen LogP contribution >= 0.6 is 0 Å². The summed E-state index contributed by atoms with van der Waals surface area (Å²) in [7, 11) is 0. The monoisotopic (exact) mass is 431 g/mol. The van der Waals surface area contributed by atoms with Gasteiger partial charge in [-0.05, 0) is 36.8 Å². The lowest BCUT2D eigenvalue weighted by atomic mass is 10.1. The highest BCUT2D eigenvalue weighted by Crippen LogP contribution is 2.36. The van der Waals surface area contributed by atoms with Gasteiger partial charge in [0.15, 0.2) is 0 Å². The lowest BCUT2D eigenvalue weighted by Crippen LogP contribution is -2.30. The highest BCUT2D eigenvalue weighted by atomic mass is 19.4. The highest BCUT2D eigenvalue weighted by molar-refractivity contribution is 6.04. The van der Waals surface area contributed by atoms with Gasteiger partial charge in [0.2, 0.25) is 5.91 Å². The second-order valence-corrected chi connectivity index (χ2v) is 6.84. The number of aryl methyl sites for hydroxylation is 1. The number of hydrogen-bond donors (Lipinski definition) is 3. The first kappa shape index (κ1) is 21.9. The first-order valence-corrected chi connectivity index (χ1v) is 9.33. The van der Waals surface area contributed by atoms with Crippen molar-refractivity contribution in [3.8, 4) is 0 Å². The molecule has 0 saturated carbocycles. The van der Waals surface area contributed by atoms with Crippen LogP contribution in [0.25, 0.3) is 0 Å². The van der Waals surface area contributed by atoms with Crippen LogP contribution in [0.2, 0.25) is 0 Å². The minimum atomic E-state index is -4.68. The Balaban J connectivity index is 1.63. The summed E-state index contributed by atoms with van der Waals surface area (Å²) in [6.45, 7) is 1.88. The number of carbonyl (C=O) groups is 2. The number of rotatable bonds is 7. The summed E-state index contributed by atoms with van der Waals surface area (Å²) in [5.41, 5.74) is 0.852.